The van der Waals surface area contributed by atoms with Crippen molar-refractivity contribution in [3.8, 4) is 0 Å². The number of carboxylic acids is 6. The van der Waals surface area contributed by atoms with Gasteiger partial charge in [0.25, 0.3) is 0 Å². The Labute approximate surface area is 663 Å². The number of aliphatic hydroxyl groups is 6. The summed E-state index contributed by atoms with van der Waals surface area (Å²) >= 11 is 0. The van der Waals surface area contributed by atoms with Crippen LogP contribution in [0.4, 0.5) is 0 Å². The molecule has 0 bridgehead atoms. The molecule has 0 heterocycles. The van der Waals surface area contributed by atoms with Gasteiger partial charge in [-0.3, -0.25) is 4.79 Å². The Balaban J connectivity index is -0.000000292. The minimum Gasteiger partial charge on any atom is -0.481 e. The van der Waals surface area contributed by atoms with E-state index in [1.807, 2.05) is 0 Å². The van der Waals surface area contributed by atoms with E-state index in [4.69, 9.17) is 61.3 Å². The summed E-state index contributed by atoms with van der Waals surface area (Å²) in [7, 11) is 0. The predicted molar refractivity (Wildman–Crippen MR) is 448 cm³/mol. The van der Waals surface area contributed by atoms with Crippen LogP contribution in [0.1, 0.15) is 503 Å². The predicted octanol–water partition coefficient (Wildman–Crippen LogP) is 24.8. The van der Waals surface area contributed by atoms with Crippen LogP contribution in [0, 0.1) is 0 Å². The molecular formula is C90H180O18. The number of rotatable bonds is 79. The van der Waals surface area contributed by atoms with Gasteiger partial charge >= 0.3 is 35.8 Å². The third-order valence-corrected chi connectivity index (χ3v) is 20.1. The molecule has 0 aromatic heterocycles. The molecule has 648 valence electrons. The fourth-order valence-corrected chi connectivity index (χ4v) is 12.8. The summed E-state index contributed by atoms with van der Waals surface area (Å²) < 4.78 is 0. The molecule has 0 aliphatic rings. The van der Waals surface area contributed by atoms with E-state index < -0.39 is 66.3 Å². The van der Waals surface area contributed by atoms with Crippen molar-refractivity contribution >= 4 is 35.8 Å². The topological polar surface area (TPSA) is 345 Å². The van der Waals surface area contributed by atoms with Crippen molar-refractivity contribution in [1.29, 1.82) is 0 Å². The second-order valence-electron chi connectivity index (χ2n) is 31.0. The molecule has 0 saturated carbocycles. The molecule has 108 heavy (non-hydrogen) atoms. The maximum Gasteiger partial charge on any atom is 0.332 e. The lowest BCUT2D eigenvalue weighted by atomic mass is 10.0. The molecule has 0 aliphatic carbocycles. The summed E-state index contributed by atoms with van der Waals surface area (Å²) in [6, 6.07) is 0. The number of aliphatic hydroxyl groups excluding tert-OH is 6. The Morgan fingerprint density at radius 1 is 0.176 bits per heavy atom. The smallest absolute Gasteiger partial charge is 0.332 e. The largest absolute Gasteiger partial charge is 0.481 e. The van der Waals surface area contributed by atoms with E-state index in [0.717, 1.165) is 109 Å². The van der Waals surface area contributed by atoms with Crippen LogP contribution >= 0.6 is 0 Å². The highest BCUT2D eigenvalue weighted by Gasteiger charge is 2.15. The molecule has 18 nitrogen and oxygen atoms in total. The van der Waals surface area contributed by atoms with Crippen LogP contribution in [-0.2, 0) is 28.8 Å². The van der Waals surface area contributed by atoms with Gasteiger partial charge < -0.3 is 61.3 Å². The van der Waals surface area contributed by atoms with Crippen molar-refractivity contribution in [3.63, 3.8) is 0 Å². The van der Waals surface area contributed by atoms with Crippen molar-refractivity contribution in [1.82, 2.24) is 0 Å². The Kier molecular flexibility index (Phi) is 109. The van der Waals surface area contributed by atoms with Gasteiger partial charge in [0.05, 0.1) is 0 Å². The number of hydrogen-bond donors (Lipinski definition) is 12. The average molecular weight is 1550 g/mol. The van der Waals surface area contributed by atoms with Crippen LogP contribution in [0.2, 0.25) is 0 Å². The summed E-state index contributed by atoms with van der Waals surface area (Å²) in [5.41, 5.74) is 0. The van der Waals surface area contributed by atoms with Gasteiger partial charge in [-0.25, -0.2) is 24.0 Å². The van der Waals surface area contributed by atoms with E-state index in [9.17, 15) is 28.8 Å². The first-order valence-corrected chi connectivity index (χ1v) is 45.5. The van der Waals surface area contributed by atoms with E-state index in [-0.39, 0.29) is 0 Å². The zero-order chi connectivity index (χ0) is 81.7. The molecule has 0 aromatic carbocycles. The fraction of sp³-hybridized carbons (Fsp3) is 0.933. The maximum atomic E-state index is 10.4. The summed E-state index contributed by atoms with van der Waals surface area (Å²) in [6.45, 7) is 11.5. The Hall–Kier alpha value is -3.42. The van der Waals surface area contributed by atoms with Crippen LogP contribution in [0.3, 0.4) is 0 Å². The fourth-order valence-electron chi connectivity index (χ4n) is 12.8. The molecule has 12 N–H and O–H groups in total. The highest BCUT2D eigenvalue weighted by atomic mass is 16.4. The van der Waals surface area contributed by atoms with Gasteiger partial charge in [0, 0.05) is 13.0 Å². The SMILES string of the molecule is CCCCCCCCCCC(O)C(=O)O.CCCCCCCCCCCCC(O)C(=O)O.CCCCCCCCCCCCCCC(O)C(=O)O.CCCCCCCCCCCCCCCCC(O)C(=O)O.CCCCCCCCCCCCCCCCCCC(O)C(=O)O.O=C(O)CCCCCCCCCO. The zero-order valence-corrected chi connectivity index (χ0v) is 71.0. The third kappa shape index (κ3) is 113. The normalized spacial score (nSPS) is 12.2. The van der Waals surface area contributed by atoms with Crippen molar-refractivity contribution in [2.24, 2.45) is 0 Å². The molecule has 5 unspecified atom stereocenters. The number of carbonyl (C=O) groups is 6. The van der Waals surface area contributed by atoms with Gasteiger partial charge in [-0.05, 0) is 44.9 Å². The van der Waals surface area contributed by atoms with Gasteiger partial charge in [0.15, 0.2) is 30.5 Å². The first-order valence-electron chi connectivity index (χ1n) is 45.5. The Morgan fingerprint density at radius 2 is 0.287 bits per heavy atom. The third-order valence-electron chi connectivity index (χ3n) is 20.1. The minimum atomic E-state index is -1.17. The van der Waals surface area contributed by atoms with Crippen LogP contribution in [0.5, 0.6) is 0 Å². The van der Waals surface area contributed by atoms with Gasteiger partial charge in [0.1, 0.15) is 0 Å². The molecule has 0 fully saturated rings. The lowest BCUT2D eigenvalue weighted by Gasteiger charge is -2.05. The molecule has 0 rings (SSSR count). The van der Waals surface area contributed by atoms with Crippen LogP contribution in [-0.4, -0.2) is 134 Å². The van der Waals surface area contributed by atoms with E-state index >= 15 is 0 Å². The monoisotopic (exact) mass is 1550 g/mol. The van der Waals surface area contributed by atoms with Crippen LogP contribution < -0.4 is 0 Å². The maximum absolute atomic E-state index is 10.4. The average Bonchev–Trinajstić information content (AvgIpc) is 1.24. The second-order valence-corrected chi connectivity index (χ2v) is 31.0. The highest BCUT2D eigenvalue weighted by Crippen LogP contribution is 2.19. The first-order chi connectivity index (χ1) is 52.2. The van der Waals surface area contributed by atoms with E-state index in [1.165, 1.54) is 321 Å². The number of hydrogen-bond acceptors (Lipinski definition) is 12. The van der Waals surface area contributed by atoms with Gasteiger partial charge in [-0.1, -0.05) is 452 Å². The van der Waals surface area contributed by atoms with Gasteiger partial charge in [0.2, 0.25) is 0 Å². The molecular weight excluding hydrogens is 1370 g/mol. The standard InChI is InChI=1S/C20H40O3.C18H36O3.C16H32O3.C14H28O3.C12H24O3.C10H20O3/c1-2-3-4-5-6-7-8-9-10-11-12-13-14-15-16-17-18-19(21)20(22)23;1-2-3-4-5-6-7-8-9-10-11-12-13-14-15-16-17(19)18(20)21;1-2-3-4-5-6-7-8-9-10-11-12-13-14-15(17)16(18)19;1-2-3-4-5-6-7-8-9-10-11-12-13(15)14(16)17;1-2-3-4-5-6-7-8-9-10-11(13)12(14)15;11-9-7-5-3-1-2-4-6-8-10(12)13/h19,21H,2-18H2,1H3,(H,22,23);17,19H,2-16H2,1H3,(H,20,21);15,17H,2-14H2,1H3,(H,18,19);13,15H,2-12H2,1H3,(H,16,17);11,13H,2-10H2,1H3,(H,14,15);11H,1-9H2,(H,12,13). The van der Waals surface area contributed by atoms with Crippen molar-refractivity contribution in [3.05, 3.63) is 0 Å². The quantitative estimate of drug-likeness (QED) is 0.0252. The zero-order valence-electron chi connectivity index (χ0n) is 71.0. The number of carboxylic acid groups (broad SMARTS) is 6. The van der Waals surface area contributed by atoms with Gasteiger partial charge in [-0.2, -0.15) is 0 Å². The Morgan fingerprint density at radius 3 is 0.398 bits per heavy atom. The van der Waals surface area contributed by atoms with Crippen LogP contribution in [0.15, 0.2) is 0 Å². The molecule has 5 atom stereocenters. The summed E-state index contributed by atoms with van der Waals surface area (Å²) in [5.74, 6) is -6.17. The molecule has 0 radical (unpaired) electrons. The van der Waals surface area contributed by atoms with E-state index in [1.54, 1.807) is 0 Å². The molecule has 0 saturated heterocycles. The van der Waals surface area contributed by atoms with Gasteiger partial charge in [-0.15, -0.1) is 0 Å². The molecule has 0 spiro atoms. The lowest BCUT2D eigenvalue weighted by Crippen LogP contribution is -2.18. The molecule has 0 aromatic rings. The lowest BCUT2D eigenvalue weighted by molar-refractivity contribution is -0.147. The van der Waals surface area contributed by atoms with Crippen molar-refractivity contribution in [2.45, 2.75) is 534 Å². The summed E-state index contributed by atoms with van der Waals surface area (Å²) in [4.78, 5) is 62.0. The molecule has 18 heteroatoms. The minimum absolute atomic E-state index is 0.291. The second kappa shape index (κ2) is 102. The summed E-state index contributed by atoms with van der Waals surface area (Å²) in [5, 5.41) is 105. The highest BCUT2D eigenvalue weighted by molar-refractivity contribution is 5.73. The number of aliphatic carboxylic acids is 6. The van der Waals surface area contributed by atoms with E-state index in [2.05, 4.69) is 34.6 Å². The number of unbranched alkanes of at least 4 members (excludes halogenated alkanes) is 61. The van der Waals surface area contributed by atoms with E-state index in [0.29, 0.717) is 45.1 Å². The summed E-state index contributed by atoms with van der Waals surface area (Å²) in [6.07, 6.45) is 79.6. The van der Waals surface area contributed by atoms with Crippen molar-refractivity contribution < 1.29 is 90.0 Å². The first kappa shape index (κ1) is 115. The van der Waals surface area contributed by atoms with Crippen molar-refractivity contribution in [2.75, 3.05) is 6.61 Å². The Bertz CT molecular complexity index is 1790. The molecule has 0 amide bonds. The molecule has 0 aliphatic heterocycles. The van der Waals surface area contributed by atoms with Crippen LogP contribution in [0.25, 0.3) is 0 Å².